The molecule has 1 aliphatic carbocycles. The third-order valence-electron chi connectivity index (χ3n) is 3.80. The lowest BCUT2D eigenvalue weighted by Crippen LogP contribution is -2.29. The fraction of sp³-hybridized carbons (Fsp3) is 0.786. The maximum atomic E-state index is 11.7. The Bertz CT molecular complexity index is 244. The zero-order valence-corrected chi connectivity index (χ0v) is 10.4. The van der Waals surface area contributed by atoms with E-state index in [2.05, 4.69) is 20.4 Å². The van der Waals surface area contributed by atoms with Crippen molar-refractivity contribution in [2.24, 2.45) is 11.3 Å². The third-order valence-corrected chi connectivity index (χ3v) is 3.80. The highest BCUT2D eigenvalue weighted by atomic mass is 16.1. The molecule has 0 unspecified atom stereocenters. The van der Waals surface area contributed by atoms with E-state index < -0.39 is 0 Å². The first-order chi connectivity index (χ1) is 6.93. The molecule has 0 spiro atoms. The van der Waals surface area contributed by atoms with Gasteiger partial charge in [-0.15, -0.1) is 0 Å². The van der Waals surface area contributed by atoms with Gasteiger partial charge in [-0.05, 0) is 36.7 Å². The molecule has 15 heavy (non-hydrogen) atoms. The van der Waals surface area contributed by atoms with E-state index in [1.54, 1.807) is 0 Å². The van der Waals surface area contributed by atoms with Crippen molar-refractivity contribution in [1.82, 2.24) is 0 Å². The Kier molecular flexibility index (Phi) is 4.12. The van der Waals surface area contributed by atoms with Crippen molar-refractivity contribution >= 4 is 5.78 Å². The van der Waals surface area contributed by atoms with Gasteiger partial charge in [-0.25, -0.2) is 0 Å². The minimum atomic E-state index is 0.163. The number of hydrogen-bond donors (Lipinski definition) is 0. The predicted molar refractivity (Wildman–Crippen MR) is 64.8 cm³/mol. The predicted octanol–water partition coefficient (Wildman–Crippen LogP) is 4.13. The van der Waals surface area contributed by atoms with Gasteiger partial charge in [0.25, 0.3) is 0 Å². The molecule has 0 radical (unpaired) electrons. The molecule has 0 aromatic rings. The molecule has 0 aromatic heterocycles. The smallest absolute Gasteiger partial charge is 0.158 e. The molecule has 0 atom stereocenters. The highest BCUT2D eigenvalue weighted by molar-refractivity contribution is 5.94. The Labute approximate surface area is 93.9 Å². The number of carbonyl (C=O) groups excluding carboxylic acids is 1. The van der Waals surface area contributed by atoms with Crippen molar-refractivity contribution < 1.29 is 4.79 Å². The van der Waals surface area contributed by atoms with Gasteiger partial charge in [0.1, 0.15) is 0 Å². The summed E-state index contributed by atoms with van der Waals surface area (Å²) in [5, 5.41) is 0. The summed E-state index contributed by atoms with van der Waals surface area (Å²) >= 11 is 0. The van der Waals surface area contributed by atoms with Gasteiger partial charge in [0.05, 0.1) is 0 Å². The van der Waals surface area contributed by atoms with E-state index in [1.807, 2.05) is 6.92 Å². The number of hydrogen-bond acceptors (Lipinski definition) is 1. The summed E-state index contributed by atoms with van der Waals surface area (Å²) in [6.07, 6.45) is 7.34. The molecule has 86 valence electrons. The van der Waals surface area contributed by atoms with E-state index in [1.165, 1.54) is 32.1 Å². The minimum absolute atomic E-state index is 0.163. The fourth-order valence-corrected chi connectivity index (χ4v) is 2.59. The Morgan fingerprint density at radius 2 is 1.80 bits per heavy atom. The summed E-state index contributed by atoms with van der Waals surface area (Å²) in [6.45, 7) is 10.0. The van der Waals surface area contributed by atoms with E-state index in [9.17, 15) is 4.79 Å². The summed E-state index contributed by atoms with van der Waals surface area (Å²) in [5.74, 6) is 0.972. The molecule has 0 heterocycles. The maximum Gasteiger partial charge on any atom is 0.158 e. The monoisotopic (exact) mass is 208 g/mol. The van der Waals surface area contributed by atoms with Gasteiger partial charge in [0.15, 0.2) is 5.78 Å². The third kappa shape index (κ3) is 3.48. The van der Waals surface area contributed by atoms with Gasteiger partial charge in [-0.3, -0.25) is 4.79 Å². The topological polar surface area (TPSA) is 17.1 Å². The van der Waals surface area contributed by atoms with Gasteiger partial charge < -0.3 is 0 Å². The maximum absolute atomic E-state index is 11.7. The molecule has 0 saturated heterocycles. The first-order valence-corrected chi connectivity index (χ1v) is 6.12. The van der Waals surface area contributed by atoms with E-state index in [-0.39, 0.29) is 11.2 Å². The molecule has 1 fully saturated rings. The average molecular weight is 208 g/mol. The number of allylic oxidation sites excluding steroid dienone is 1. The summed E-state index contributed by atoms with van der Waals surface area (Å²) in [5.41, 5.74) is 0.870. The molecular weight excluding hydrogens is 184 g/mol. The van der Waals surface area contributed by atoms with Gasteiger partial charge >= 0.3 is 0 Å². The summed E-state index contributed by atoms with van der Waals surface area (Å²) in [7, 11) is 0. The second-order valence-corrected chi connectivity index (χ2v) is 5.70. The van der Waals surface area contributed by atoms with Crippen molar-refractivity contribution in [2.45, 2.75) is 59.3 Å². The van der Waals surface area contributed by atoms with Gasteiger partial charge in [0, 0.05) is 6.42 Å². The molecule has 1 heteroatoms. The number of ketones is 1. The van der Waals surface area contributed by atoms with Crippen molar-refractivity contribution in [3.63, 3.8) is 0 Å². The first-order valence-electron chi connectivity index (χ1n) is 6.12. The van der Waals surface area contributed by atoms with Crippen molar-refractivity contribution in [2.75, 3.05) is 0 Å². The molecular formula is C14H24O. The van der Waals surface area contributed by atoms with Gasteiger partial charge in [-0.1, -0.05) is 39.7 Å². The van der Waals surface area contributed by atoms with Crippen molar-refractivity contribution in [3.05, 3.63) is 12.2 Å². The van der Waals surface area contributed by atoms with Crippen LogP contribution in [-0.4, -0.2) is 5.78 Å². The molecule has 0 N–H and O–H groups in total. The van der Waals surface area contributed by atoms with Crippen LogP contribution < -0.4 is 0 Å². The zero-order chi connectivity index (χ0) is 11.5. The van der Waals surface area contributed by atoms with Crippen LogP contribution in [0.5, 0.6) is 0 Å². The minimum Gasteiger partial charge on any atom is -0.295 e. The van der Waals surface area contributed by atoms with Crippen LogP contribution in [0.15, 0.2) is 12.2 Å². The zero-order valence-electron chi connectivity index (χ0n) is 10.4. The fourth-order valence-electron chi connectivity index (χ4n) is 2.59. The van der Waals surface area contributed by atoms with Crippen LogP contribution in [0.25, 0.3) is 0 Å². The highest BCUT2D eigenvalue weighted by Gasteiger charge is 2.32. The lowest BCUT2D eigenvalue weighted by molar-refractivity contribution is -0.118. The lowest BCUT2D eigenvalue weighted by Gasteiger charge is -2.36. The van der Waals surface area contributed by atoms with Crippen LogP contribution in [0.1, 0.15) is 59.3 Å². The number of carbonyl (C=O) groups is 1. The molecule has 0 aromatic carbocycles. The Morgan fingerprint density at radius 1 is 1.27 bits per heavy atom. The van der Waals surface area contributed by atoms with Crippen molar-refractivity contribution in [1.29, 1.82) is 0 Å². The van der Waals surface area contributed by atoms with Crippen LogP contribution in [0.3, 0.4) is 0 Å². The average Bonchev–Trinajstić information content (AvgIpc) is 2.18. The second kappa shape index (κ2) is 4.96. The number of Topliss-reactive ketones (excluding diaryl/α,β-unsaturated/α-hetero) is 1. The van der Waals surface area contributed by atoms with Crippen LogP contribution in [-0.2, 0) is 4.79 Å². The first kappa shape index (κ1) is 12.5. The van der Waals surface area contributed by atoms with Crippen molar-refractivity contribution in [3.8, 4) is 0 Å². The summed E-state index contributed by atoms with van der Waals surface area (Å²) in [6, 6.07) is 0. The highest BCUT2D eigenvalue weighted by Crippen LogP contribution is 2.40. The SMILES string of the molecule is C=C(C)C(=O)CC(C)(C)C1CCCCC1. The standard InChI is InChI=1S/C14H24O/c1-11(2)13(15)10-14(3,4)12-8-6-5-7-9-12/h12H,1,5-10H2,2-4H3. The molecule has 1 aliphatic rings. The Morgan fingerprint density at radius 3 is 2.27 bits per heavy atom. The van der Waals surface area contributed by atoms with Crippen LogP contribution in [0.2, 0.25) is 0 Å². The van der Waals surface area contributed by atoms with E-state index in [0.717, 1.165) is 5.92 Å². The Balaban J connectivity index is 2.56. The van der Waals surface area contributed by atoms with E-state index in [0.29, 0.717) is 12.0 Å². The molecule has 1 nitrogen and oxygen atoms in total. The van der Waals surface area contributed by atoms with Crippen LogP contribution >= 0.6 is 0 Å². The molecule has 1 saturated carbocycles. The van der Waals surface area contributed by atoms with Gasteiger partial charge in [0.2, 0.25) is 0 Å². The molecule has 0 amide bonds. The summed E-state index contributed by atoms with van der Waals surface area (Å²) < 4.78 is 0. The van der Waals surface area contributed by atoms with E-state index in [4.69, 9.17) is 0 Å². The number of rotatable bonds is 4. The molecule has 0 bridgehead atoms. The normalized spacial score (nSPS) is 18.9. The van der Waals surface area contributed by atoms with Gasteiger partial charge in [-0.2, -0.15) is 0 Å². The Hall–Kier alpha value is -0.590. The van der Waals surface area contributed by atoms with Crippen LogP contribution in [0, 0.1) is 11.3 Å². The molecule has 0 aliphatic heterocycles. The lowest BCUT2D eigenvalue weighted by atomic mass is 9.68. The molecule has 1 rings (SSSR count). The summed E-state index contributed by atoms with van der Waals surface area (Å²) in [4.78, 5) is 11.7. The van der Waals surface area contributed by atoms with E-state index >= 15 is 0 Å². The quantitative estimate of drug-likeness (QED) is 0.635. The largest absolute Gasteiger partial charge is 0.295 e. The van der Waals surface area contributed by atoms with Crippen LogP contribution in [0.4, 0.5) is 0 Å². The second-order valence-electron chi connectivity index (χ2n) is 5.70.